The molecule has 2 aromatic carbocycles. The van der Waals surface area contributed by atoms with Crippen LogP contribution in [0.15, 0.2) is 46.9 Å². The van der Waals surface area contributed by atoms with Crippen LogP contribution in [0.1, 0.15) is 25.5 Å². The maximum Gasteiger partial charge on any atom is 0.221 e. The van der Waals surface area contributed by atoms with Crippen molar-refractivity contribution in [3.63, 3.8) is 0 Å². The Morgan fingerprint density at radius 3 is 2.71 bits per heavy atom. The zero-order chi connectivity index (χ0) is 15.4. The zero-order valence-corrected chi connectivity index (χ0v) is 13.4. The van der Waals surface area contributed by atoms with E-state index in [2.05, 4.69) is 26.6 Å². The molecule has 2 rings (SSSR count). The lowest BCUT2D eigenvalue weighted by atomic mass is 10.1. The second-order valence-electron chi connectivity index (χ2n) is 4.80. The molecule has 2 N–H and O–H groups in total. The molecule has 5 heteroatoms. The number of hydrogen-bond donors (Lipinski definition) is 2. The van der Waals surface area contributed by atoms with Gasteiger partial charge in [0.15, 0.2) is 0 Å². The summed E-state index contributed by atoms with van der Waals surface area (Å²) in [7, 11) is 0. The van der Waals surface area contributed by atoms with Crippen LogP contribution in [0.4, 0.5) is 15.8 Å². The first-order valence-electron chi connectivity index (χ1n) is 6.55. The fourth-order valence-corrected chi connectivity index (χ4v) is 2.37. The number of anilines is 2. The van der Waals surface area contributed by atoms with Gasteiger partial charge in [0.05, 0.1) is 5.69 Å². The average molecular weight is 351 g/mol. The molecule has 1 unspecified atom stereocenters. The van der Waals surface area contributed by atoms with Crippen LogP contribution in [0.3, 0.4) is 0 Å². The van der Waals surface area contributed by atoms with Gasteiger partial charge in [0.2, 0.25) is 5.91 Å². The third-order valence-electron chi connectivity index (χ3n) is 3.01. The highest BCUT2D eigenvalue weighted by molar-refractivity contribution is 9.10. The van der Waals surface area contributed by atoms with Crippen molar-refractivity contribution in [3.05, 3.63) is 58.3 Å². The molecule has 0 fully saturated rings. The van der Waals surface area contributed by atoms with E-state index in [9.17, 15) is 9.18 Å². The Hall–Kier alpha value is -1.88. The standard InChI is InChI=1S/C16H16BrFN2O/c1-10(19-16-9-13(18)6-7-15(16)17)12-4-3-5-14(8-12)20-11(2)21/h3-10,19H,1-2H3,(H,20,21). The molecule has 0 aliphatic carbocycles. The lowest BCUT2D eigenvalue weighted by Gasteiger charge is -2.18. The van der Waals surface area contributed by atoms with Crippen molar-refractivity contribution in [2.45, 2.75) is 19.9 Å². The van der Waals surface area contributed by atoms with E-state index in [-0.39, 0.29) is 17.8 Å². The molecular weight excluding hydrogens is 335 g/mol. The first-order valence-corrected chi connectivity index (χ1v) is 7.34. The molecular formula is C16H16BrFN2O. The number of rotatable bonds is 4. The van der Waals surface area contributed by atoms with Crippen molar-refractivity contribution in [2.75, 3.05) is 10.6 Å². The Labute approximate surface area is 131 Å². The minimum Gasteiger partial charge on any atom is -0.378 e. The molecule has 0 aliphatic heterocycles. The molecule has 0 saturated heterocycles. The summed E-state index contributed by atoms with van der Waals surface area (Å²) < 4.78 is 14.1. The van der Waals surface area contributed by atoms with E-state index in [4.69, 9.17) is 0 Å². The zero-order valence-electron chi connectivity index (χ0n) is 11.8. The van der Waals surface area contributed by atoms with E-state index in [0.29, 0.717) is 5.69 Å². The Bertz CT molecular complexity index is 660. The Morgan fingerprint density at radius 2 is 2.00 bits per heavy atom. The summed E-state index contributed by atoms with van der Waals surface area (Å²) in [5.74, 6) is -0.402. The SMILES string of the molecule is CC(=O)Nc1cccc(C(C)Nc2cc(F)ccc2Br)c1. The highest BCUT2D eigenvalue weighted by atomic mass is 79.9. The maximum atomic E-state index is 13.3. The number of hydrogen-bond acceptors (Lipinski definition) is 2. The maximum absolute atomic E-state index is 13.3. The Morgan fingerprint density at radius 1 is 1.24 bits per heavy atom. The van der Waals surface area contributed by atoms with E-state index >= 15 is 0 Å². The van der Waals surface area contributed by atoms with Crippen LogP contribution in [-0.2, 0) is 4.79 Å². The molecule has 0 aromatic heterocycles. The van der Waals surface area contributed by atoms with E-state index in [1.54, 1.807) is 6.07 Å². The predicted octanol–water partition coefficient (Wildman–Crippen LogP) is 4.72. The third kappa shape index (κ3) is 4.29. The first kappa shape index (κ1) is 15.5. The van der Waals surface area contributed by atoms with E-state index in [1.807, 2.05) is 31.2 Å². The number of halogens is 2. The first-order chi connectivity index (χ1) is 9.95. The second kappa shape index (κ2) is 6.72. The van der Waals surface area contributed by atoms with Crippen LogP contribution in [0.2, 0.25) is 0 Å². The van der Waals surface area contributed by atoms with Gasteiger partial charge < -0.3 is 10.6 Å². The molecule has 21 heavy (non-hydrogen) atoms. The lowest BCUT2D eigenvalue weighted by Crippen LogP contribution is -2.09. The number of amides is 1. The number of nitrogens with one attached hydrogen (secondary N) is 2. The minimum atomic E-state index is -0.292. The molecule has 0 bridgehead atoms. The lowest BCUT2D eigenvalue weighted by molar-refractivity contribution is -0.114. The highest BCUT2D eigenvalue weighted by Crippen LogP contribution is 2.28. The van der Waals surface area contributed by atoms with Gasteiger partial charge in [0.1, 0.15) is 5.82 Å². The second-order valence-corrected chi connectivity index (χ2v) is 5.65. The van der Waals surface area contributed by atoms with Crippen molar-refractivity contribution >= 4 is 33.2 Å². The average Bonchev–Trinajstić information content (AvgIpc) is 2.42. The summed E-state index contributed by atoms with van der Waals surface area (Å²) in [6.45, 7) is 3.45. The van der Waals surface area contributed by atoms with Crippen molar-refractivity contribution < 1.29 is 9.18 Å². The molecule has 0 aliphatic rings. The quantitative estimate of drug-likeness (QED) is 0.837. The largest absolute Gasteiger partial charge is 0.378 e. The van der Waals surface area contributed by atoms with Gasteiger partial charge in [-0.1, -0.05) is 12.1 Å². The summed E-state index contributed by atoms with van der Waals surface area (Å²) in [5, 5.41) is 6.00. The van der Waals surface area contributed by atoms with Gasteiger partial charge in [0, 0.05) is 23.1 Å². The van der Waals surface area contributed by atoms with Gasteiger partial charge in [-0.25, -0.2) is 4.39 Å². The Kier molecular flexibility index (Phi) is 4.96. The topological polar surface area (TPSA) is 41.1 Å². The summed E-state index contributed by atoms with van der Waals surface area (Å²) in [6, 6.07) is 12.0. The summed E-state index contributed by atoms with van der Waals surface area (Å²) >= 11 is 3.39. The van der Waals surface area contributed by atoms with Gasteiger partial charge in [0.25, 0.3) is 0 Å². The van der Waals surface area contributed by atoms with Gasteiger partial charge in [-0.2, -0.15) is 0 Å². The minimum absolute atomic E-state index is 0.0307. The van der Waals surface area contributed by atoms with Gasteiger partial charge >= 0.3 is 0 Å². The van der Waals surface area contributed by atoms with E-state index in [1.165, 1.54) is 19.1 Å². The van der Waals surface area contributed by atoms with E-state index < -0.39 is 0 Å². The van der Waals surface area contributed by atoms with Crippen LogP contribution >= 0.6 is 15.9 Å². The molecule has 0 radical (unpaired) electrons. The van der Waals surface area contributed by atoms with Gasteiger partial charge in [-0.3, -0.25) is 4.79 Å². The summed E-state index contributed by atoms with van der Waals surface area (Å²) in [6.07, 6.45) is 0. The smallest absolute Gasteiger partial charge is 0.221 e. The number of benzene rings is 2. The molecule has 3 nitrogen and oxygen atoms in total. The highest BCUT2D eigenvalue weighted by Gasteiger charge is 2.09. The molecule has 1 amide bonds. The van der Waals surface area contributed by atoms with E-state index in [0.717, 1.165) is 15.7 Å². The van der Waals surface area contributed by atoms with Crippen LogP contribution in [-0.4, -0.2) is 5.91 Å². The van der Waals surface area contributed by atoms with Crippen LogP contribution in [0.5, 0.6) is 0 Å². The van der Waals surface area contributed by atoms with Crippen LogP contribution in [0, 0.1) is 5.82 Å². The molecule has 110 valence electrons. The van der Waals surface area contributed by atoms with Gasteiger partial charge in [-0.15, -0.1) is 0 Å². The fourth-order valence-electron chi connectivity index (χ4n) is 2.01. The molecule has 0 heterocycles. The predicted molar refractivity (Wildman–Crippen MR) is 86.9 cm³/mol. The third-order valence-corrected chi connectivity index (χ3v) is 3.70. The molecule has 2 aromatic rings. The molecule has 0 saturated carbocycles. The van der Waals surface area contributed by atoms with Crippen LogP contribution < -0.4 is 10.6 Å². The summed E-state index contributed by atoms with van der Waals surface area (Å²) in [4.78, 5) is 11.1. The molecule has 0 spiro atoms. The number of carbonyl (C=O) groups is 1. The summed E-state index contributed by atoms with van der Waals surface area (Å²) in [5.41, 5.74) is 2.43. The number of carbonyl (C=O) groups excluding carboxylic acids is 1. The van der Waals surface area contributed by atoms with Crippen molar-refractivity contribution in [3.8, 4) is 0 Å². The normalized spacial score (nSPS) is 11.8. The van der Waals surface area contributed by atoms with Crippen molar-refractivity contribution in [2.24, 2.45) is 0 Å². The van der Waals surface area contributed by atoms with Crippen LogP contribution in [0.25, 0.3) is 0 Å². The monoisotopic (exact) mass is 350 g/mol. The van der Waals surface area contributed by atoms with Crippen molar-refractivity contribution in [1.82, 2.24) is 0 Å². The van der Waals surface area contributed by atoms with Gasteiger partial charge in [-0.05, 0) is 58.7 Å². The molecule has 1 atom stereocenters. The fraction of sp³-hybridized carbons (Fsp3) is 0.188. The van der Waals surface area contributed by atoms with Crippen molar-refractivity contribution in [1.29, 1.82) is 0 Å². The Balaban J connectivity index is 2.18.